The smallest absolute Gasteiger partial charge is 0.221 e. The van der Waals surface area contributed by atoms with E-state index in [0.29, 0.717) is 5.88 Å². The van der Waals surface area contributed by atoms with Crippen LogP contribution < -0.4 is 4.74 Å². The number of benzene rings is 2. The highest BCUT2D eigenvalue weighted by molar-refractivity contribution is 5.87. The molecule has 0 saturated carbocycles. The molecule has 2 heteroatoms. The van der Waals surface area contributed by atoms with Crippen LogP contribution >= 0.6 is 0 Å². The van der Waals surface area contributed by atoms with Crippen LogP contribution in [-0.2, 0) is 6.42 Å². The highest BCUT2D eigenvalue weighted by Gasteiger charge is 2.06. The van der Waals surface area contributed by atoms with Gasteiger partial charge >= 0.3 is 0 Å². The van der Waals surface area contributed by atoms with Gasteiger partial charge in [0.05, 0.1) is 7.11 Å². The molecule has 0 saturated heterocycles. The summed E-state index contributed by atoms with van der Waals surface area (Å²) in [4.78, 5) is 4.59. The number of methoxy groups -OCH3 is 1. The highest BCUT2D eigenvalue weighted by Crippen LogP contribution is 2.25. The molecular formula is C17H15NO. The van der Waals surface area contributed by atoms with E-state index < -0.39 is 0 Å². The van der Waals surface area contributed by atoms with Gasteiger partial charge in [-0.05, 0) is 23.1 Å². The van der Waals surface area contributed by atoms with Crippen LogP contribution in [0.5, 0.6) is 5.88 Å². The molecule has 94 valence electrons. The zero-order chi connectivity index (χ0) is 13.1. The van der Waals surface area contributed by atoms with E-state index in [-0.39, 0.29) is 0 Å². The summed E-state index contributed by atoms with van der Waals surface area (Å²) in [6, 6.07) is 20.6. The molecule has 1 aromatic heterocycles. The zero-order valence-corrected chi connectivity index (χ0v) is 10.8. The predicted molar refractivity (Wildman–Crippen MR) is 77.5 cm³/mol. The topological polar surface area (TPSA) is 22.1 Å². The molecule has 2 aromatic carbocycles. The molecule has 0 atom stereocenters. The Hall–Kier alpha value is -2.35. The van der Waals surface area contributed by atoms with Crippen LogP contribution in [0.3, 0.4) is 0 Å². The number of aromatic nitrogens is 1. The largest absolute Gasteiger partial charge is 0.481 e. The first-order valence-electron chi connectivity index (χ1n) is 6.33. The summed E-state index contributed by atoms with van der Waals surface area (Å²) in [5, 5.41) is 2.22. The minimum atomic E-state index is 0.698. The minimum Gasteiger partial charge on any atom is -0.481 e. The molecule has 19 heavy (non-hydrogen) atoms. The first kappa shape index (κ1) is 11.7. The molecule has 0 aliphatic heterocycles. The second-order valence-electron chi connectivity index (χ2n) is 4.51. The van der Waals surface area contributed by atoms with Crippen LogP contribution in [-0.4, -0.2) is 12.1 Å². The lowest BCUT2D eigenvalue weighted by Gasteiger charge is -2.08. The van der Waals surface area contributed by atoms with Gasteiger partial charge < -0.3 is 4.74 Å². The molecule has 0 N–H and O–H groups in total. The zero-order valence-electron chi connectivity index (χ0n) is 10.8. The third kappa shape index (κ3) is 2.43. The Balaban J connectivity index is 2.05. The van der Waals surface area contributed by atoms with Gasteiger partial charge in [0.15, 0.2) is 0 Å². The van der Waals surface area contributed by atoms with Gasteiger partial charge in [0.25, 0.3) is 0 Å². The molecule has 1 heterocycles. The summed E-state index contributed by atoms with van der Waals surface area (Å²) in [5.41, 5.74) is 2.29. The second-order valence-corrected chi connectivity index (χ2v) is 4.51. The Labute approximate surface area is 112 Å². The van der Waals surface area contributed by atoms with Crippen LogP contribution in [0.1, 0.15) is 11.3 Å². The van der Waals surface area contributed by atoms with E-state index >= 15 is 0 Å². The average Bonchev–Trinajstić information content (AvgIpc) is 2.47. The fraction of sp³-hybridized carbons (Fsp3) is 0.118. The van der Waals surface area contributed by atoms with Gasteiger partial charge in [-0.2, -0.15) is 0 Å². The molecule has 0 fully saturated rings. The van der Waals surface area contributed by atoms with Crippen molar-refractivity contribution in [3.63, 3.8) is 0 Å². The fourth-order valence-electron chi connectivity index (χ4n) is 2.27. The molecular weight excluding hydrogens is 234 g/mol. The Kier molecular flexibility index (Phi) is 3.15. The van der Waals surface area contributed by atoms with Crippen molar-refractivity contribution in [2.75, 3.05) is 7.11 Å². The first-order valence-corrected chi connectivity index (χ1v) is 6.33. The third-order valence-corrected chi connectivity index (χ3v) is 3.18. The summed E-state index contributed by atoms with van der Waals surface area (Å²) in [7, 11) is 1.67. The van der Waals surface area contributed by atoms with Gasteiger partial charge in [-0.1, -0.05) is 48.5 Å². The van der Waals surface area contributed by atoms with Gasteiger partial charge in [-0.25, -0.2) is 4.98 Å². The van der Waals surface area contributed by atoms with E-state index in [4.69, 9.17) is 4.74 Å². The van der Waals surface area contributed by atoms with Crippen molar-refractivity contribution in [1.29, 1.82) is 0 Å². The van der Waals surface area contributed by atoms with Gasteiger partial charge in [0.1, 0.15) is 0 Å². The SMILES string of the molecule is COc1nc(Cc2ccccc2)cc2ccccc12. The number of fused-ring (bicyclic) bond motifs is 1. The first-order chi connectivity index (χ1) is 9.36. The summed E-state index contributed by atoms with van der Waals surface area (Å²) in [6.07, 6.45) is 0.821. The number of pyridine rings is 1. The van der Waals surface area contributed by atoms with Crippen molar-refractivity contribution in [1.82, 2.24) is 4.98 Å². The molecule has 0 aliphatic carbocycles. The molecule has 0 bridgehead atoms. The maximum absolute atomic E-state index is 5.39. The van der Waals surface area contributed by atoms with Crippen LogP contribution in [0.2, 0.25) is 0 Å². The number of hydrogen-bond acceptors (Lipinski definition) is 2. The quantitative estimate of drug-likeness (QED) is 0.703. The van der Waals surface area contributed by atoms with Gasteiger partial charge in [-0.15, -0.1) is 0 Å². The predicted octanol–water partition coefficient (Wildman–Crippen LogP) is 3.83. The van der Waals surface area contributed by atoms with E-state index in [1.54, 1.807) is 7.11 Å². The Morgan fingerprint density at radius 1 is 0.947 bits per heavy atom. The van der Waals surface area contributed by atoms with Gasteiger partial charge in [0, 0.05) is 17.5 Å². The van der Waals surface area contributed by atoms with Crippen molar-refractivity contribution < 1.29 is 4.74 Å². The lowest BCUT2D eigenvalue weighted by Crippen LogP contribution is -1.96. The van der Waals surface area contributed by atoms with Crippen molar-refractivity contribution in [2.45, 2.75) is 6.42 Å². The number of ether oxygens (including phenoxy) is 1. The fourth-order valence-corrected chi connectivity index (χ4v) is 2.27. The van der Waals surface area contributed by atoms with Gasteiger partial charge in [-0.3, -0.25) is 0 Å². The lowest BCUT2D eigenvalue weighted by atomic mass is 10.1. The molecule has 0 spiro atoms. The second kappa shape index (κ2) is 5.11. The van der Waals surface area contributed by atoms with Crippen LogP contribution in [0.4, 0.5) is 0 Å². The molecule has 0 radical (unpaired) electrons. The Bertz CT molecular complexity index is 692. The van der Waals surface area contributed by atoms with Crippen LogP contribution in [0.25, 0.3) is 10.8 Å². The van der Waals surface area contributed by atoms with E-state index in [1.165, 1.54) is 10.9 Å². The summed E-state index contributed by atoms with van der Waals surface area (Å²) in [6.45, 7) is 0. The summed E-state index contributed by atoms with van der Waals surface area (Å²) < 4.78 is 5.39. The molecule has 0 amide bonds. The molecule has 0 aliphatic rings. The Morgan fingerprint density at radius 3 is 2.47 bits per heavy atom. The van der Waals surface area contributed by atoms with Crippen molar-refractivity contribution >= 4 is 10.8 Å². The summed E-state index contributed by atoms with van der Waals surface area (Å²) in [5.74, 6) is 0.698. The minimum absolute atomic E-state index is 0.698. The normalized spacial score (nSPS) is 10.6. The van der Waals surface area contributed by atoms with Crippen molar-refractivity contribution in [2.24, 2.45) is 0 Å². The number of rotatable bonds is 3. The third-order valence-electron chi connectivity index (χ3n) is 3.18. The average molecular weight is 249 g/mol. The number of hydrogen-bond donors (Lipinski definition) is 0. The summed E-state index contributed by atoms with van der Waals surface area (Å²) >= 11 is 0. The molecule has 0 unspecified atom stereocenters. The molecule has 2 nitrogen and oxygen atoms in total. The maximum atomic E-state index is 5.39. The molecule has 3 aromatic rings. The standard InChI is InChI=1S/C17H15NO/c1-19-17-16-10-6-5-9-14(16)12-15(18-17)11-13-7-3-2-4-8-13/h2-10,12H,11H2,1H3. The lowest BCUT2D eigenvalue weighted by molar-refractivity contribution is 0.402. The van der Waals surface area contributed by atoms with Crippen LogP contribution in [0, 0.1) is 0 Å². The highest BCUT2D eigenvalue weighted by atomic mass is 16.5. The maximum Gasteiger partial charge on any atom is 0.221 e. The van der Waals surface area contributed by atoms with E-state index in [9.17, 15) is 0 Å². The van der Waals surface area contributed by atoms with Crippen molar-refractivity contribution in [3.05, 3.63) is 71.9 Å². The monoisotopic (exact) mass is 249 g/mol. The van der Waals surface area contributed by atoms with Crippen LogP contribution in [0.15, 0.2) is 60.7 Å². The van der Waals surface area contributed by atoms with E-state index in [2.05, 4.69) is 29.2 Å². The molecule has 3 rings (SSSR count). The Morgan fingerprint density at radius 2 is 1.68 bits per heavy atom. The number of nitrogens with zero attached hydrogens (tertiary/aromatic N) is 1. The van der Waals surface area contributed by atoms with Crippen molar-refractivity contribution in [3.8, 4) is 5.88 Å². The van der Waals surface area contributed by atoms with E-state index in [0.717, 1.165) is 17.5 Å². The van der Waals surface area contributed by atoms with Gasteiger partial charge in [0.2, 0.25) is 5.88 Å². The van der Waals surface area contributed by atoms with E-state index in [1.807, 2.05) is 36.4 Å².